The molecule has 37 heavy (non-hydrogen) atoms. The number of halogens is 1. The first-order valence-corrected chi connectivity index (χ1v) is 13.3. The van der Waals surface area contributed by atoms with E-state index in [1.807, 2.05) is 12.1 Å². The molecule has 3 heterocycles. The molecule has 9 rings (SSSR count). The zero-order valence-corrected chi connectivity index (χ0v) is 21.7. The van der Waals surface area contributed by atoms with Crippen molar-refractivity contribution < 1.29 is 40.7 Å². The number of carbonyl (C=O) groups is 1. The topological polar surface area (TPSA) is 57.9 Å². The lowest BCUT2D eigenvalue weighted by atomic mass is 9.49. The molecule has 4 bridgehead atoms. The van der Waals surface area contributed by atoms with Crippen LogP contribution >= 0.6 is 0 Å². The van der Waals surface area contributed by atoms with E-state index in [4.69, 9.17) is 18.9 Å². The summed E-state index contributed by atoms with van der Waals surface area (Å²) in [7, 11) is 1.66. The second-order valence-corrected chi connectivity index (χ2v) is 11.7. The van der Waals surface area contributed by atoms with Gasteiger partial charge in [0.15, 0.2) is 35.7 Å². The van der Waals surface area contributed by atoms with Gasteiger partial charge in [0, 0.05) is 12.5 Å². The molecule has 0 saturated heterocycles. The predicted molar refractivity (Wildman–Crippen MR) is 132 cm³/mol. The summed E-state index contributed by atoms with van der Waals surface area (Å²) in [5.74, 6) is 4.85. The quantitative estimate of drug-likeness (QED) is 0.302. The Hall–Kier alpha value is -2.99. The van der Waals surface area contributed by atoms with Crippen molar-refractivity contribution in [3.8, 4) is 34.3 Å². The van der Waals surface area contributed by atoms with E-state index in [2.05, 4.69) is 29.0 Å². The molecule has 2 aliphatic heterocycles. The van der Waals surface area contributed by atoms with Crippen molar-refractivity contribution in [3.63, 3.8) is 0 Å². The molecule has 2 aromatic carbocycles. The summed E-state index contributed by atoms with van der Waals surface area (Å²) < 4.78 is 25.5. The van der Waals surface area contributed by atoms with E-state index in [1.54, 1.807) is 7.11 Å². The van der Waals surface area contributed by atoms with Gasteiger partial charge < -0.3 is 31.4 Å². The highest BCUT2D eigenvalue weighted by Gasteiger charge is 2.55. The van der Waals surface area contributed by atoms with Gasteiger partial charge in [0.2, 0.25) is 12.5 Å². The maximum atomic E-state index is 13.6. The minimum Gasteiger partial charge on any atom is -1.00 e. The van der Waals surface area contributed by atoms with E-state index in [0.717, 1.165) is 60.2 Å². The fourth-order valence-electron chi connectivity index (χ4n) is 8.26. The fourth-order valence-corrected chi connectivity index (χ4v) is 8.26. The van der Waals surface area contributed by atoms with Crippen molar-refractivity contribution in [2.45, 2.75) is 51.5 Å². The highest BCUT2D eigenvalue weighted by Crippen LogP contribution is 2.60. The minimum atomic E-state index is -0.297. The third-order valence-corrected chi connectivity index (χ3v) is 9.45. The van der Waals surface area contributed by atoms with E-state index in [-0.39, 0.29) is 30.6 Å². The molecule has 4 aliphatic carbocycles. The van der Waals surface area contributed by atoms with E-state index >= 15 is 0 Å². The number of hydrogen-bond donors (Lipinski definition) is 0. The maximum absolute atomic E-state index is 13.6. The van der Waals surface area contributed by atoms with Gasteiger partial charge in [-0.05, 0) is 91.5 Å². The van der Waals surface area contributed by atoms with Crippen LogP contribution in [0.4, 0.5) is 0 Å². The van der Waals surface area contributed by atoms with Gasteiger partial charge in [-0.1, -0.05) is 0 Å². The molecule has 6 aliphatic rings. The van der Waals surface area contributed by atoms with Crippen LogP contribution in [-0.2, 0) is 17.8 Å². The molecule has 0 atom stereocenters. The van der Waals surface area contributed by atoms with Gasteiger partial charge in [0.1, 0.15) is 0 Å². The van der Waals surface area contributed by atoms with Crippen LogP contribution in [0.1, 0.15) is 44.1 Å². The summed E-state index contributed by atoms with van der Waals surface area (Å²) in [6.45, 7) is 1.14. The second-order valence-electron chi connectivity index (χ2n) is 11.7. The third-order valence-electron chi connectivity index (χ3n) is 9.45. The number of fused-ring (bicyclic) bond motifs is 5. The number of aryl methyl sites for hydroxylation is 2. The molecule has 0 N–H and O–H groups in total. The second kappa shape index (κ2) is 8.26. The largest absolute Gasteiger partial charge is 1.00 e. The molecule has 4 fully saturated rings. The number of rotatable bonds is 3. The molecular weight excluding hydrogens is 490 g/mol. The van der Waals surface area contributed by atoms with Crippen LogP contribution in [0, 0.1) is 23.2 Å². The zero-order chi connectivity index (χ0) is 24.0. The minimum absolute atomic E-state index is 0. The first kappa shape index (κ1) is 23.2. The molecular formula is C30H30ClNO5. The molecule has 4 saturated carbocycles. The van der Waals surface area contributed by atoms with Gasteiger partial charge in [0.05, 0.1) is 23.5 Å². The van der Waals surface area contributed by atoms with Crippen LogP contribution in [0.5, 0.6) is 23.0 Å². The van der Waals surface area contributed by atoms with Crippen LogP contribution in [0.2, 0.25) is 0 Å². The lowest BCUT2D eigenvalue weighted by Gasteiger charge is -2.55. The molecule has 0 radical (unpaired) electrons. The molecule has 0 unspecified atom stereocenters. The molecule has 7 heteroatoms. The van der Waals surface area contributed by atoms with Crippen molar-refractivity contribution in [2.24, 2.45) is 23.2 Å². The monoisotopic (exact) mass is 519 g/mol. The number of ether oxygens (including phenoxy) is 4. The van der Waals surface area contributed by atoms with Gasteiger partial charge >= 0.3 is 5.97 Å². The van der Waals surface area contributed by atoms with Crippen molar-refractivity contribution in [3.05, 3.63) is 42.1 Å². The normalized spacial score (nSPS) is 27.9. The van der Waals surface area contributed by atoms with E-state index in [0.29, 0.717) is 29.3 Å². The van der Waals surface area contributed by atoms with Crippen LogP contribution in [0.3, 0.4) is 0 Å². The van der Waals surface area contributed by atoms with E-state index < -0.39 is 0 Å². The molecule has 192 valence electrons. The standard InChI is InChI=1S/C30H30NO5.ClH/c1-33-28-23-15-31-5-4-21-10-26-27(35-16-34-26)11-22(21)24(31)9-20(23)2-3-25(28)36-29(32)30-12-17-6-18(13-30)8-19(7-17)14-30;/h2-3,9-11,15,17-19H,4-8,12-14,16H2,1H3;1H/q+1;/p-1. The number of hydrogen-bond acceptors (Lipinski definition) is 5. The van der Waals surface area contributed by atoms with Gasteiger partial charge in [-0.15, -0.1) is 0 Å². The van der Waals surface area contributed by atoms with Crippen molar-refractivity contribution in [2.75, 3.05) is 13.9 Å². The summed E-state index contributed by atoms with van der Waals surface area (Å²) in [5.41, 5.74) is 3.28. The number of esters is 1. The Balaban J connectivity index is 0.00000231. The van der Waals surface area contributed by atoms with E-state index in [1.165, 1.54) is 30.4 Å². The Bertz CT molecular complexity index is 1410. The molecule has 0 amide bonds. The Morgan fingerprint density at radius 2 is 1.70 bits per heavy atom. The third kappa shape index (κ3) is 3.44. The molecule has 1 aromatic heterocycles. The number of benzene rings is 2. The van der Waals surface area contributed by atoms with Crippen LogP contribution in [0.25, 0.3) is 22.0 Å². The number of nitrogens with zero attached hydrogens (tertiary/aromatic N) is 1. The average molecular weight is 520 g/mol. The summed E-state index contributed by atoms with van der Waals surface area (Å²) in [4.78, 5) is 13.6. The molecule has 0 spiro atoms. The highest BCUT2D eigenvalue weighted by atomic mass is 35.5. The maximum Gasteiger partial charge on any atom is 0.317 e. The first-order chi connectivity index (χ1) is 17.6. The highest BCUT2D eigenvalue weighted by molar-refractivity contribution is 5.93. The first-order valence-electron chi connectivity index (χ1n) is 13.3. The summed E-state index contributed by atoms with van der Waals surface area (Å²) in [5, 5.41) is 2.01. The number of methoxy groups -OCH3 is 1. The van der Waals surface area contributed by atoms with Crippen molar-refractivity contribution >= 4 is 16.7 Å². The Morgan fingerprint density at radius 3 is 2.41 bits per heavy atom. The lowest BCUT2D eigenvalue weighted by molar-refractivity contribution is -0.686. The van der Waals surface area contributed by atoms with E-state index in [9.17, 15) is 4.79 Å². The zero-order valence-electron chi connectivity index (χ0n) is 20.9. The van der Waals surface area contributed by atoms with Crippen LogP contribution in [0.15, 0.2) is 36.5 Å². The van der Waals surface area contributed by atoms with Crippen molar-refractivity contribution in [1.29, 1.82) is 0 Å². The number of carbonyl (C=O) groups excluding carboxylic acids is 1. The SMILES string of the molecule is COc1c(OC(=O)C23CC4CC(CC(C4)C2)C3)ccc2cc3[n+](cc12)CCc1cc2c(cc1-3)OCO2.[Cl-]. The molecule has 6 nitrogen and oxygen atoms in total. The smallest absolute Gasteiger partial charge is 0.317 e. The van der Waals surface area contributed by atoms with Crippen molar-refractivity contribution in [1.82, 2.24) is 0 Å². The summed E-state index contributed by atoms with van der Waals surface area (Å²) in [6.07, 6.45) is 9.95. The predicted octanol–water partition coefficient (Wildman–Crippen LogP) is 2.21. The average Bonchev–Trinajstić information content (AvgIpc) is 3.33. The summed E-state index contributed by atoms with van der Waals surface area (Å²) >= 11 is 0. The van der Waals surface area contributed by atoms with Crippen LogP contribution < -0.4 is 35.9 Å². The Kier molecular flexibility index (Phi) is 5.17. The Labute approximate surface area is 222 Å². The van der Waals surface area contributed by atoms with Gasteiger partial charge in [0.25, 0.3) is 0 Å². The number of aromatic nitrogens is 1. The number of pyridine rings is 1. The van der Waals surface area contributed by atoms with Crippen LogP contribution in [-0.4, -0.2) is 19.9 Å². The fraction of sp³-hybridized carbons (Fsp3) is 0.467. The van der Waals surface area contributed by atoms with Gasteiger partial charge in [-0.3, -0.25) is 4.79 Å². The van der Waals surface area contributed by atoms with Gasteiger partial charge in [-0.25, -0.2) is 0 Å². The molecule has 3 aromatic rings. The summed E-state index contributed by atoms with van der Waals surface area (Å²) in [6, 6.07) is 10.3. The lowest BCUT2D eigenvalue weighted by Crippen LogP contribution is -3.00. The van der Waals surface area contributed by atoms with Gasteiger partial charge in [-0.2, -0.15) is 4.57 Å². The Morgan fingerprint density at radius 1 is 1.00 bits per heavy atom.